The predicted octanol–water partition coefficient (Wildman–Crippen LogP) is 0.728. The molecule has 0 saturated heterocycles. The summed E-state index contributed by atoms with van der Waals surface area (Å²) in [6.45, 7) is 0. The number of hydrogen-bond donors (Lipinski definition) is 0. The van der Waals surface area contributed by atoms with E-state index in [1.54, 1.807) is 0 Å². The van der Waals surface area contributed by atoms with Gasteiger partial charge in [0, 0.05) is 4.90 Å². The first kappa shape index (κ1) is 6.24. The third-order valence-electron chi connectivity index (χ3n) is 1.03. The minimum Gasteiger partial charge on any atom is -0.159 e. The maximum atomic E-state index is 2.16. The van der Waals surface area contributed by atoms with Crippen LogP contribution in [0.25, 0.3) is 0 Å². The zero-order valence-corrected chi connectivity index (χ0v) is 6.60. The zero-order valence-electron chi connectivity index (χ0n) is 4.97. The molecule has 0 bridgehead atoms. The van der Waals surface area contributed by atoms with Crippen molar-refractivity contribution in [2.45, 2.75) is 4.90 Å². The van der Waals surface area contributed by atoms with Crippen LogP contribution in [0.2, 0.25) is 0 Å². The number of thiophene rings is 1. The first-order valence-corrected chi connectivity index (χ1v) is 4.53. The lowest BCUT2D eigenvalue weighted by molar-refractivity contribution is 1.65. The molecule has 1 aromatic rings. The van der Waals surface area contributed by atoms with Crippen LogP contribution < -0.4 is 4.78 Å². The second-order valence-corrected chi connectivity index (χ2v) is 3.51. The Bertz CT molecular complexity index is 171. The maximum Gasteiger partial charge on any atom is 0.154 e. The molecule has 0 N–H and O–H groups in total. The van der Waals surface area contributed by atoms with Crippen molar-refractivity contribution in [1.82, 2.24) is 0 Å². The molecule has 0 aromatic carbocycles. The molecule has 0 spiro atoms. The molecule has 0 fully saturated rings. The lowest BCUT2D eigenvalue weighted by Gasteiger charge is -1.87. The summed E-state index contributed by atoms with van der Waals surface area (Å²) in [7, 11) is 2.15. The Balaban J connectivity index is 2.92. The molecule has 3 heteroatoms. The average molecular weight is 142 g/mol. The second-order valence-electron chi connectivity index (χ2n) is 1.55. The third kappa shape index (κ3) is 1.09. The molecule has 0 atom stereocenters. The van der Waals surface area contributed by atoms with E-state index in [-0.39, 0.29) is 0 Å². The predicted molar refractivity (Wildman–Crippen MR) is 44.3 cm³/mol. The van der Waals surface area contributed by atoms with Crippen molar-refractivity contribution in [2.24, 2.45) is 0 Å². The Morgan fingerprint density at radius 3 is 2.75 bits per heavy atom. The molecule has 1 rings (SSSR count). The van der Waals surface area contributed by atoms with Crippen LogP contribution in [-0.2, 0) is 0 Å². The van der Waals surface area contributed by atoms with Crippen LogP contribution in [0.4, 0.5) is 0 Å². The van der Waals surface area contributed by atoms with Gasteiger partial charge in [-0.2, -0.15) is 11.3 Å². The smallest absolute Gasteiger partial charge is 0.154 e. The van der Waals surface area contributed by atoms with E-state index < -0.39 is 0 Å². The molecule has 1 heterocycles. The highest BCUT2D eigenvalue weighted by Gasteiger charge is 1.93. The van der Waals surface area contributed by atoms with Gasteiger partial charge in [-0.25, -0.2) is 0 Å². The van der Waals surface area contributed by atoms with E-state index in [1.165, 1.54) is 9.67 Å². The summed E-state index contributed by atoms with van der Waals surface area (Å²) in [5.41, 5.74) is 0. The third-order valence-corrected chi connectivity index (χ3v) is 2.89. The molecular formula is C5H7BS2. The fraction of sp³-hybridized carbons (Fsp3) is 0.200. The molecule has 42 valence electrons. The van der Waals surface area contributed by atoms with Gasteiger partial charge in [0.1, 0.15) is 0 Å². The van der Waals surface area contributed by atoms with E-state index in [9.17, 15) is 0 Å². The first-order chi connectivity index (χ1) is 3.84. The number of hydrogen-bond acceptors (Lipinski definition) is 2. The molecule has 8 heavy (non-hydrogen) atoms. The highest BCUT2D eigenvalue weighted by Crippen LogP contribution is 2.13. The summed E-state index contributed by atoms with van der Waals surface area (Å²) in [6, 6.07) is 2.16. The van der Waals surface area contributed by atoms with Crippen LogP contribution in [-0.4, -0.2) is 14.1 Å². The quantitative estimate of drug-likeness (QED) is 0.411. The summed E-state index contributed by atoms with van der Waals surface area (Å²) < 4.78 is 1.43. The highest BCUT2D eigenvalue weighted by molar-refractivity contribution is 7.99. The van der Waals surface area contributed by atoms with Gasteiger partial charge < -0.3 is 0 Å². The van der Waals surface area contributed by atoms with Crippen LogP contribution in [0.1, 0.15) is 0 Å². The van der Waals surface area contributed by atoms with Crippen LogP contribution in [0.15, 0.2) is 16.3 Å². The van der Waals surface area contributed by atoms with Crippen molar-refractivity contribution < 1.29 is 0 Å². The molecule has 0 unspecified atom stereocenters. The molecule has 0 aliphatic rings. The van der Waals surface area contributed by atoms with Gasteiger partial charge in [0.05, 0.1) is 0 Å². The Hall–Kier alpha value is 0.115. The average Bonchev–Trinajstić information content (AvgIpc) is 2.14. The summed E-state index contributed by atoms with van der Waals surface area (Å²) >= 11 is 3.62. The Morgan fingerprint density at radius 1 is 1.75 bits per heavy atom. The lowest BCUT2D eigenvalue weighted by Crippen LogP contribution is -1.95. The molecule has 0 aliphatic carbocycles. The lowest BCUT2D eigenvalue weighted by atomic mass is 10.1. The van der Waals surface area contributed by atoms with Crippen molar-refractivity contribution in [3.05, 3.63) is 11.4 Å². The molecule has 0 nitrogen and oxygen atoms in total. The molecular weight excluding hydrogens is 135 g/mol. The van der Waals surface area contributed by atoms with E-state index in [0.717, 1.165) is 0 Å². The van der Waals surface area contributed by atoms with Gasteiger partial charge in [0.15, 0.2) is 7.85 Å². The monoisotopic (exact) mass is 142 g/mol. The normalized spacial score (nSPS) is 9.62. The van der Waals surface area contributed by atoms with E-state index in [2.05, 4.69) is 25.5 Å². The van der Waals surface area contributed by atoms with Crippen LogP contribution in [0.5, 0.6) is 0 Å². The van der Waals surface area contributed by atoms with Gasteiger partial charge in [0.2, 0.25) is 0 Å². The zero-order chi connectivity index (χ0) is 5.98. The fourth-order valence-electron chi connectivity index (χ4n) is 0.585. The van der Waals surface area contributed by atoms with Crippen molar-refractivity contribution in [1.29, 1.82) is 0 Å². The SMILES string of the molecule is Bc1sccc1SC. The van der Waals surface area contributed by atoms with E-state index >= 15 is 0 Å². The largest absolute Gasteiger partial charge is 0.159 e. The minimum atomic E-state index is 1.41. The van der Waals surface area contributed by atoms with Gasteiger partial charge in [-0.1, -0.05) is 0 Å². The van der Waals surface area contributed by atoms with E-state index in [4.69, 9.17) is 0 Å². The van der Waals surface area contributed by atoms with Crippen molar-refractivity contribution in [2.75, 3.05) is 6.26 Å². The molecule has 0 saturated carbocycles. The fourth-order valence-corrected chi connectivity index (χ4v) is 2.15. The molecule has 0 aliphatic heterocycles. The van der Waals surface area contributed by atoms with Crippen LogP contribution in [0.3, 0.4) is 0 Å². The summed E-state index contributed by atoms with van der Waals surface area (Å²) in [5.74, 6) is 0. The first-order valence-electron chi connectivity index (χ1n) is 2.42. The summed E-state index contributed by atoms with van der Waals surface area (Å²) in [4.78, 5) is 1.41. The van der Waals surface area contributed by atoms with Crippen molar-refractivity contribution >= 4 is 35.7 Å². The van der Waals surface area contributed by atoms with Gasteiger partial charge in [-0.15, -0.1) is 11.8 Å². The van der Waals surface area contributed by atoms with E-state index in [0.29, 0.717) is 0 Å². The topological polar surface area (TPSA) is 0 Å². The van der Waals surface area contributed by atoms with Gasteiger partial charge in [0.25, 0.3) is 0 Å². The Morgan fingerprint density at radius 2 is 2.50 bits per heavy atom. The van der Waals surface area contributed by atoms with E-state index in [1.807, 2.05) is 23.1 Å². The van der Waals surface area contributed by atoms with Gasteiger partial charge >= 0.3 is 0 Å². The van der Waals surface area contributed by atoms with Crippen LogP contribution >= 0.6 is 23.1 Å². The Labute approximate surface area is 58.7 Å². The second kappa shape index (κ2) is 2.60. The maximum absolute atomic E-state index is 2.16. The summed E-state index contributed by atoms with van der Waals surface area (Å²) in [6.07, 6.45) is 2.11. The van der Waals surface area contributed by atoms with Crippen molar-refractivity contribution in [3.63, 3.8) is 0 Å². The highest BCUT2D eigenvalue weighted by atomic mass is 32.2. The molecule has 0 amide bonds. The van der Waals surface area contributed by atoms with Gasteiger partial charge in [-0.05, 0) is 22.5 Å². The minimum absolute atomic E-state index is 1.41. The molecule has 0 radical (unpaired) electrons. The number of rotatable bonds is 1. The standard InChI is InChI=1S/C5H7BS2/c1-7-4-2-3-8-5(4)6/h2-3H,6H2,1H3. The summed E-state index contributed by atoms with van der Waals surface area (Å²) in [5, 5.41) is 2.13. The van der Waals surface area contributed by atoms with Crippen molar-refractivity contribution in [3.8, 4) is 0 Å². The molecule has 1 aromatic heterocycles. The van der Waals surface area contributed by atoms with Gasteiger partial charge in [-0.3, -0.25) is 0 Å². The Kier molecular flexibility index (Phi) is 2.03. The number of thioether (sulfide) groups is 1. The van der Waals surface area contributed by atoms with Crippen LogP contribution in [0, 0.1) is 0 Å².